The van der Waals surface area contributed by atoms with Gasteiger partial charge in [-0.2, -0.15) is 5.26 Å². The fraction of sp³-hybridized carbons (Fsp3) is 0.182. The molecule has 0 fully saturated rings. The molecule has 0 spiro atoms. The highest BCUT2D eigenvalue weighted by Gasteiger charge is 2.17. The highest BCUT2D eigenvalue weighted by atomic mass is 35.5. The number of alkyl halides is 1. The van der Waals surface area contributed by atoms with Crippen LogP contribution in [-0.2, 0) is 0 Å². The molecule has 5 heteroatoms. The Kier molecular flexibility index (Phi) is 4.03. The summed E-state index contributed by atoms with van der Waals surface area (Å²) in [5.74, 6) is -0.467. The number of nitrogens with zero attached hydrogens (tertiary/aromatic N) is 1. The number of ketones is 1. The first-order valence-electron chi connectivity index (χ1n) is 4.34. The second-order valence-electron chi connectivity index (χ2n) is 2.93. The Morgan fingerprint density at radius 2 is 2.31 bits per heavy atom. The summed E-state index contributed by atoms with van der Waals surface area (Å²) in [5, 5.41) is 8.89. The van der Waals surface area contributed by atoms with Crippen molar-refractivity contribution in [3.05, 3.63) is 28.8 Å². The van der Waals surface area contributed by atoms with E-state index in [9.17, 15) is 9.59 Å². The van der Waals surface area contributed by atoms with E-state index in [-0.39, 0.29) is 28.3 Å². The van der Waals surface area contributed by atoms with Crippen molar-refractivity contribution in [2.45, 2.75) is 0 Å². The SMILES string of the molecule is COc1cc(C=O)cc(C#N)c1C(=O)CCl. The van der Waals surface area contributed by atoms with Crippen LogP contribution >= 0.6 is 11.6 Å². The van der Waals surface area contributed by atoms with Crippen molar-refractivity contribution in [2.24, 2.45) is 0 Å². The minimum absolute atomic E-state index is 0.0899. The molecule has 0 aliphatic carbocycles. The summed E-state index contributed by atoms with van der Waals surface area (Å²) >= 11 is 5.43. The normalized spacial score (nSPS) is 9.31. The minimum atomic E-state index is -0.410. The maximum atomic E-state index is 11.5. The number of halogens is 1. The van der Waals surface area contributed by atoms with Gasteiger partial charge in [-0.3, -0.25) is 9.59 Å². The molecule has 0 atom stereocenters. The number of aldehydes is 1. The van der Waals surface area contributed by atoms with Crippen molar-refractivity contribution in [1.29, 1.82) is 5.26 Å². The lowest BCUT2D eigenvalue weighted by molar-refractivity contribution is 0.101. The highest BCUT2D eigenvalue weighted by molar-refractivity contribution is 6.31. The topological polar surface area (TPSA) is 67.2 Å². The van der Waals surface area contributed by atoms with E-state index in [0.29, 0.717) is 6.29 Å². The van der Waals surface area contributed by atoms with Gasteiger partial charge in [0, 0.05) is 5.56 Å². The lowest BCUT2D eigenvalue weighted by Gasteiger charge is -2.08. The summed E-state index contributed by atoms with van der Waals surface area (Å²) in [4.78, 5) is 22.1. The van der Waals surface area contributed by atoms with Crippen LogP contribution in [0.25, 0.3) is 0 Å². The molecule has 0 amide bonds. The maximum absolute atomic E-state index is 11.5. The minimum Gasteiger partial charge on any atom is -0.496 e. The Morgan fingerprint density at radius 3 is 2.75 bits per heavy atom. The molecule has 16 heavy (non-hydrogen) atoms. The highest BCUT2D eigenvalue weighted by Crippen LogP contribution is 2.24. The zero-order valence-corrected chi connectivity index (χ0v) is 9.25. The first-order valence-corrected chi connectivity index (χ1v) is 4.87. The Bertz CT molecular complexity index is 477. The average molecular weight is 238 g/mol. The van der Waals surface area contributed by atoms with Gasteiger partial charge in [0.15, 0.2) is 5.78 Å². The third-order valence-corrected chi connectivity index (χ3v) is 2.24. The molecule has 0 aliphatic heterocycles. The van der Waals surface area contributed by atoms with Gasteiger partial charge in [-0.1, -0.05) is 0 Å². The Hall–Kier alpha value is -1.86. The number of carbonyl (C=O) groups is 2. The monoisotopic (exact) mass is 237 g/mol. The molecule has 1 aromatic rings. The van der Waals surface area contributed by atoms with E-state index in [1.807, 2.05) is 6.07 Å². The number of nitriles is 1. The fourth-order valence-electron chi connectivity index (χ4n) is 1.31. The molecular formula is C11H8ClNO3. The lowest BCUT2D eigenvalue weighted by atomic mass is 10.0. The third-order valence-electron chi connectivity index (χ3n) is 2.00. The number of rotatable bonds is 4. The molecule has 0 bridgehead atoms. The van der Waals surface area contributed by atoms with Crippen LogP contribution in [0.2, 0.25) is 0 Å². The van der Waals surface area contributed by atoms with Gasteiger partial charge in [-0.05, 0) is 12.1 Å². The van der Waals surface area contributed by atoms with Crippen LogP contribution in [-0.4, -0.2) is 25.1 Å². The summed E-state index contributed by atoms with van der Waals surface area (Å²) in [6, 6.07) is 4.57. The van der Waals surface area contributed by atoms with Crippen molar-refractivity contribution in [3.8, 4) is 11.8 Å². The Morgan fingerprint density at radius 1 is 1.62 bits per heavy atom. The number of methoxy groups -OCH3 is 1. The van der Waals surface area contributed by atoms with E-state index in [1.54, 1.807) is 0 Å². The quantitative estimate of drug-likeness (QED) is 0.455. The van der Waals surface area contributed by atoms with E-state index in [0.717, 1.165) is 0 Å². The van der Waals surface area contributed by atoms with Gasteiger partial charge in [0.1, 0.15) is 18.1 Å². The fourth-order valence-corrected chi connectivity index (χ4v) is 1.44. The number of ether oxygens (including phenoxy) is 1. The van der Waals surface area contributed by atoms with Crippen molar-refractivity contribution in [3.63, 3.8) is 0 Å². The van der Waals surface area contributed by atoms with Crippen molar-refractivity contribution in [2.75, 3.05) is 13.0 Å². The molecule has 0 saturated heterocycles. The van der Waals surface area contributed by atoms with Gasteiger partial charge in [0.2, 0.25) is 0 Å². The average Bonchev–Trinajstić information content (AvgIpc) is 2.35. The van der Waals surface area contributed by atoms with Crippen LogP contribution in [0.4, 0.5) is 0 Å². The molecule has 0 aromatic heterocycles. The molecule has 0 aliphatic rings. The molecule has 4 nitrogen and oxygen atoms in total. The molecule has 0 N–H and O–H groups in total. The molecule has 1 rings (SSSR count). The number of carbonyl (C=O) groups excluding carboxylic acids is 2. The Labute approximate surface area is 97.4 Å². The summed E-state index contributed by atoms with van der Waals surface area (Å²) < 4.78 is 4.96. The standard InChI is InChI=1S/C11H8ClNO3/c1-16-10-3-7(6-14)2-8(5-13)11(10)9(15)4-12/h2-3,6H,4H2,1H3. The van der Waals surface area contributed by atoms with Gasteiger partial charge in [-0.25, -0.2) is 0 Å². The van der Waals surface area contributed by atoms with Gasteiger partial charge < -0.3 is 4.74 Å². The van der Waals surface area contributed by atoms with Crippen LogP contribution in [0.1, 0.15) is 26.3 Å². The van der Waals surface area contributed by atoms with E-state index in [2.05, 4.69) is 0 Å². The first kappa shape index (κ1) is 12.2. The zero-order chi connectivity index (χ0) is 12.1. The molecular weight excluding hydrogens is 230 g/mol. The van der Waals surface area contributed by atoms with E-state index < -0.39 is 5.78 Å². The largest absolute Gasteiger partial charge is 0.496 e. The predicted octanol–water partition coefficient (Wildman–Crippen LogP) is 1.80. The third kappa shape index (κ3) is 2.20. The lowest BCUT2D eigenvalue weighted by Crippen LogP contribution is -2.07. The van der Waals surface area contributed by atoms with Crippen LogP contribution < -0.4 is 4.74 Å². The first-order chi connectivity index (χ1) is 7.67. The molecule has 82 valence electrons. The van der Waals surface area contributed by atoms with Gasteiger partial charge in [0.05, 0.1) is 24.1 Å². The summed E-state index contributed by atoms with van der Waals surface area (Å²) in [6.45, 7) is 0. The van der Waals surface area contributed by atoms with Crippen molar-refractivity contribution in [1.82, 2.24) is 0 Å². The van der Waals surface area contributed by atoms with E-state index >= 15 is 0 Å². The molecule has 0 heterocycles. The van der Waals surface area contributed by atoms with Crippen LogP contribution in [0, 0.1) is 11.3 Å². The number of hydrogen-bond donors (Lipinski definition) is 0. The van der Waals surface area contributed by atoms with Crippen LogP contribution in [0.15, 0.2) is 12.1 Å². The predicted molar refractivity (Wildman–Crippen MR) is 58.1 cm³/mol. The second-order valence-corrected chi connectivity index (χ2v) is 3.20. The van der Waals surface area contributed by atoms with Crippen molar-refractivity contribution < 1.29 is 14.3 Å². The zero-order valence-electron chi connectivity index (χ0n) is 8.49. The number of Topliss-reactive ketones (excluding diaryl/α,β-unsaturated/α-hetero) is 1. The smallest absolute Gasteiger partial charge is 0.182 e. The molecule has 0 unspecified atom stereocenters. The van der Waals surface area contributed by atoms with Gasteiger partial charge in [-0.15, -0.1) is 11.6 Å². The summed E-state index contributed by atoms with van der Waals surface area (Å²) in [5.41, 5.74) is 0.484. The number of benzene rings is 1. The van der Waals surface area contributed by atoms with Gasteiger partial charge in [0.25, 0.3) is 0 Å². The molecule has 0 saturated carbocycles. The summed E-state index contributed by atoms with van der Waals surface area (Å²) in [7, 11) is 1.36. The molecule has 0 radical (unpaired) electrons. The van der Waals surface area contributed by atoms with E-state index in [4.69, 9.17) is 21.6 Å². The van der Waals surface area contributed by atoms with E-state index in [1.165, 1.54) is 19.2 Å². The maximum Gasteiger partial charge on any atom is 0.182 e. The van der Waals surface area contributed by atoms with Crippen molar-refractivity contribution >= 4 is 23.7 Å². The molecule has 1 aromatic carbocycles. The second kappa shape index (κ2) is 5.29. The number of hydrogen-bond acceptors (Lipinski definition) is 4. The Balaban J connectivity index is 3.50. The van der Waals surface area contributed by atoms with Gasteiger partial charge >= 0.3 is 0 Å². The van der Waals surface area contributed by atoms with Crippen LogP contribution in [0.5, 0.6) is 5.75 Å². The summed E-state index contributed by atoms with van der Waals surface area (Å²) in [6.07, 6.45) is 0.582. The van der Waals surface area contributed by atoms with Crippen LogP contribution in [0.3, 0.4) is 0 Å².